The van der Waals surface area contributed by atoms with Gasteiger partial charge in [0.25, 0.3) is 5.91 Å². The molecule has 0 saturated carbocycles. The fourth-order valence-electron chi connectivity index (χ4n) is 2.61. The molecule has 0 aliphatic carbocycles. The lowest BCUT2D eigenvalue weighted by atomic mass is 10.2. The summed E-state index contributed by atoms with van der Waals surface area (Å²) in [4.78, 5) is 30.3. The molecule has 2 aromatic heterocycles. The van der Waals surface area contributed by atoms with Gasteiger partial charge >= 0.3 is 5.97 Å². The summed E-state index contributed by atoms with van der Waals surface area (Å²) in [6, 6.07) is 12.2. The van der Waals surface area contributed by atoms with Crippen LogP contribution in [0.15, 0.2) is 54.9 Å². The number of aromatic nitrogens is 3. The highest BCUT2D eigenvalue weighted by Gasteiger charge is 2.14. The highest BCUT2D eigenvalue weighted by Crippen LogP contribution is 2.18. The van der Waals surface area contributed by atoms with Gasteiger partial charge in [0.05, 0.1) is 17.9 Å². The van der Waals surface area contributed by atoms with Gasteiger partial charge in [-0.1, -0.05) is 0 Å². The van der Waals surface area contributed by atoms with Gasteiger partial charge in [0, 0.05) is 32.2 Å². The van der Waals surface area contributed by atoms with Crippen LogP contribution in [0.3, 0.4) is 0 Å². The summed E-state index contributed by atoms with van der Waals surface area (Å²) in [7, 11) is 3.67. The molecular weight excluding hydrogens is 358 g/mol. The predicted octanol–water partition coefficient (Wildman–Crippen LogP) is 2.76. The van der Waals surface area contributed by atoms with E-state index in [-0.39, 0.29) is 11.6 Å². The van der Waals surface area contributed by atoms with Gasteiger partial charge in [-0.15, -0.1) is 0 Å². The zero-order valence-electron chi connectivity index (χ0n) is 15.9. The highest BCUT2D eigenvalue weighted by atomic mass is 16.5. The van der Waals surface area contributed by atoms with E-state index >= 15 is 0 Å². The Morgan fingerprint density at radius 2 is 1.89 bits per heavy atom. The first kappa shape index (κ1) is 19.1. The molecule has 8 heteroatoms. The fraction of sp³-hybridized carbons (Fsp3) is 0.200. The van der Waals surface area contributed by atoms with Gasteiger partial charge in [-0.3, -0.25) is 4.79 Å². The first-order valence-electron chi connectivity index (χ1n) is 8.76. The summed E-state index contributed by atoms with van der Waals surface area (Å²) in [6.45, 7) is 2.04. The maximum Gasteiger partial charge on any atom is 0.358 e. The van der Waals surface area contributed by atoms with E-state index in [4.69, 9.17) is 4.74 Å². The summed E-state index contributed by atoms with van der Waals surface area (Å²) in [5.74, 6) is -0.105. The molecule has 0 aliphatic heterocycles. The summed E-state index contributed by atoms with van der Waals surface area (Å²) in [5, 5.41) is 7.07. The average molecular weight is 379 g/mol. The molecule has 0 spiro atoms. The van der Waals surface area contributed by atoms with Crippen molar-refractivity contribution < 1.29 is 14.3 Å². The molecule has 0 unspecified atom stereocenters. The number of pyridine rings is 1. The standard InChI is InChI=1S/C20H21N5O3/c1-4-28-20(27)17-11-13-25(23-17)15-9-7-14(8-10-15)22-19(26)16-6-5-12-21-18(16)24(2)3/h5-13H,4H2,1-3H3,(H,22,26). The second-order valence-corrected chi connectivity index (χ2v) is 6.14. The number of nitrogens with zero attached hydrogens (tertiary/aromatic N) is 4. The molecule has 1 N–H and O–H groups in total. The third kappa shape index (κ3) is 4.17. The van der Waals surface area contributed by atoms with Crippen LogP contribution in [0.1, 0.15) is 27.8 Å². The summed E-state index contributed by atoms with van der Waals surface area (Å²) >= 11 is 0. The molecule has 28 heavy (non-hydrogen) atoms. The molecule has 3 aromatic rings. The summed E-state index contributed by atoms with van der Waals surface area (Å²) in [5.41, 5.74) is 2.12. The van der Waals surface area contributed by atoms with Crippen molar-refractivity contribution in [3.63, 3.8) is 0 Å². The lowest BCUT2D eigenvalue weighted by Gasteiger charge is -2.15. The molecule has 144 valence electrons. The Hall–Kier alpha value is -3.68. The van der Waals surface area contributed by atoms with E-state index in [1.807, 2.05) is 14.1 Å². The minimum absolute atomic E-state index is 0.242. The Morgan fingerprint density at radius 3 is 2.57 bits per heavy atom. The molecule has 2 heterocycles. The lowest BCUT2D eigenvalue weighted by molar-refractivity contribution is 0.0519. The van der Waals surface area contributed by atoms with Crippen LogP contribution in [-0.4, -0.2) is 47.3 Å². The monoisotopic (exact) mass is 379 g/mol. The van der Waals surface area contributed by atoms with E-state index in [0.717, 1.165) is 5.69 Å². The van der Waals surface area contributed by atoms with Gasteiger partial charge in [-0.25, -0.2) is 14.5 Å². The van der Waals surface area contributed by atoms with Crippen LogP contribution in [0.25, 0.3) is 5.69 Å². The van der Waals surface area contributed by atoms with Crippen molar-refractivity contribution in [1.29, 1.82) is 0 Å². The molecule has 0 radical (unpaired) electrons. The number of anilines is 2. The number of rotatable bonds is 6. The molecule has 0 atom stereocenters. The normalized spacial score (nSPS) is 10.4. The summed E-state index contributed by atoms with van der Waals surface area (Å²) < 4.78 is 6.51. The molecule has 3 rings (SSSR count). The van der Waals surface area contributed by atoms with E-state index in [0.29, 0.717) is 23.7 Å². The van der Waals surface area contributed by atoms with Crippen molar-refractivity contribution in [3.8, 4) is 5.69 Å². The van der Waals surface area contributed by atoms with E-state index < -0.39 is 5.97 Å². The first-order chi connectivity index (χ1) is 13.5. The second kappa shape index (κ2) is 8.34. The lowest BCUT2D eigenvalue weighted by Crippen LogP contribution is -2.19. The minimum atomic E-state index is -0.460. The number of esters is 1. The number of benzene rings is 1. The van der Waals surface area contributed by atoms with Gasteiger partial charge in [-0.2, -0.15) is 5.10 Å². The van der Waals surface area contributed by atoms with Crippen LogP contribution in [0.5, 0.6) is 0 Å². The van der Waals surface area contributed by atoms with Gasteiger partial charge in [0.2, 0.25) is 0 Å². The molecule has 0 bridgehead atoms. The molecule has 0 fully saturated rings. The van der Waals surface area contributed by atoms with Gasteiger partial charge < -0.3 is 15.0 Å². The Morgan fingerprint density at radius 1 is 1.14 bits per heavy atom. The van der Waals surface area contributed by atoms with Crippen LogP contribution < -0.4 is 10.2 Å². The number of hydrogen-bond donors (Lipinski definition) is 1. The Bertz CT molecular complexity index is 980. The molecule has 8 nitrogen and oxygen atoms in total. The van der Waals surface area contributed by atoms with Crippen molar-refractivity contribution in [2.24, 2.45) is 0 Å². The average Bonchev–Trinajstić information content (AvgIpc) is 3.19. The van der Waals surface area contributed by atoms with Gasteiger partial charge in [-0.05, 0) is 49.4 Å². The summed E-state index contributed by atoms with van der Waals surface area (Å²) in [6.07, 6.45) is 3.33. The third-order valence-electron chi connectivity index (χ3n) is 3.92. The van der Waals surface area contributed by atoms with Crippen LogP contribution in [0.4, 0.5) is 11.5 Å². The third-order valence-corrected chi connectivity index (χ3v) is 3.92. The fourth-order valence-corrected chi connectivity index (χ4v) is 2.61. The van der Waals surface area contributed by atoms with Crippen LogP contribution in [0, 0.1) is 0 Å². The van der Waals surface area contributed by atoms with Crippen molar-refractivity contribution in [3.05, 3.63) is 66.1 Å². The zero-order chi connectivity index (χ0) is 20.1. The largest absolute Gasteiger partial charge is 0.461 e. The number of hydrogen-bond acceptors (Lipinski definition) is 6. The van der Waals surface area contributed by atoms with E-state index in [1.54, 1.807) is 71.4 Å². The Kier molecular flexibility index (Phi) is 5.69. The molecule has 1 aromatic carbocycles. The van der Waals surface area contributed by atoms with E-state index in [2.05, 4.69) is 15.4 Å². The molecule has 0 aliphatic rings. The van der Waals surface area contributed by atoms with Crippen LogP contribution in [-0.2, 0) is 4.74 Å². The van der Waals surface area contributed by atoms with Crippen molar-refractivity contribution in [2.45, 2.75) is 6.92 Å². The predicted molar refractivity (Wildman–Crippen MR) is 106 cm³/mol. The van der Waals surface area contributed by atoms with Gasteiger partial charge in [0.15, 0.2) is 5.69 Å². The topological polar surface area (TPSA) is 89.3 Å². The highest BCUT2D eigenvalue weighted by molar-refractivity contribution is 6.07. The van der Waals surface area contributed by atoms with E-state index in [9.17, 15) is 9.59 Å². The number of ether oxygens (including phenoxy) is 1. The maximum atomic E-state index is 12.6. The maximum absolute atomic E-state index is 12.6. The van der Waals surface area contributed by atoms with Crippen LogP contribution >= 0.6 is 0 Å². The number of carbonyl (C=O) groups is 2. The second-order valence-electron chi connectivity index (χ2n) is 6.14. The Labute approximate surface area is 162 Å². The zero-order valence-corrected chi connectivity index (χ0v) is 15.9. The number of amides is 1. The smallest absolute Gasteiger partial charge is 0.358 e. The molecular formula is C20H21N5O3. The van der Waals surface area contributed by atoms with Crippen molar-refractivity contribution in [1.82, 2.24) is 14.8 Å². The molecule has 1 amide bonds. The SMILES string of the molecule is CCOC(=O)c1ccn(-c2ccc(NC(=O)c3cccnc3N(C)C)cc2)n1. The number of carbonyl (C=O) groups excluding carboxylic acids is 2. The van der Waals surface area contributed by atoms with E-state index in [1.165, 1.54) is 0 Å². The van der Waals surface area contributed by atoms with Crippen molar-refractivity contribution >= 4 is 23.4 Å². The Balaban J connectivity index is 1.73. The molecule has 0 saturated heterocycles. The minimum Gasteiger partial charge on any atom is -0.461 e. The quantitative estimate of drug-likeness (QED) is 0.663. The van der Waals surface area contributed by atoms with Crippen LogP contribution in [0.2, 0.25) is 0 Å². The van der Waals surface area contributed by atoms with Gasteiger partial charge in [0.1, 0.15) is 5.82 Å². The first-order valence-corrected chi connectivity index (χ1v) is 8.76. The number of nitrogens with one attached hydrogen (secondary N) is 1. The van der Waals surface area contributed by atoms with Crippen molar-refractivity contribution in [2.75, 3.05) is 30.9 Å².